The molecule has 0 saturated carbocycles. The van der Waals surface area contributed by atoms with Gasteiger partial charge in [-0.3, -0.25) is 9.48 Å². The molecule has 4 nitrogen and oxygen atoms in total. The molecule has 0 radical (unpaired) electrons. The molecule has 1 aromatic carbocycles. The Morgan fingerprint density at radius 2 is 2.05 bits per heavy atom. The van der Waals surface area contributed by atoms with Crippen LogP contribution in [0.3, 0.4) is 0 Å². The van der Waals surface area contributed by atoms with Crippen LogP contribution < -0.4 is 5.32 Å². The van der Waals surface area contributed by atoms with Crippen LogP contribution in [0.5, 0.6) is 0 Å². The first-order valence-electron chi connectivity index (χ1n) is 6.95. The molecule has 0 unspecified atom stereocenters. The number of halogens is 1. The van der Waals surface area contributed by atoms with Crippen molar-refractivity contribution in [2.45, 2.75) is 40.2 Å². The largest absolute Gasteiger partial charge is 0.326 e. The van der Waals surface area contributed by atoms with Gasteiger partial charge in [0, 0.05) is 22.8 Å². The number of rotatable bonds is 4. The van der Waals surface area contributed by atoms with Gasteiger partial charge in [0.1, 0.15) is 0 Å². The van der Waals surface area contributed by atoms with Gasteiger partial charge in [-0.1, -0.05) is 17.7 Å². The van der Waals surface area contributed by atoms with E-state index in [9.17, 15) is 4.79 Å². The van der Waals surface area contributed by atoms with Gasteiger partial charge in [0.05, 0.1) is 11.7 Å². The summed E-state index contributed by atoms with van der Waals surface area (Å²) in [6.45, 7) is 7.86. The Morgan fingerprint density at radius 1 is 1.33 bits per heavy atom. The predicted molar refractivity (Wildman–Crippen MR) is 85.8 cm³/mol. The second-order valence-corrected chi connectivity index (χ2v) is 5.84. The Morgan fingerprint density at radius 3 is 2.62 bits per heavy atom. The average Bonchev–Trinajstić information content (AvgIpc) is 2.73. The van der Waals surface area contributed by atoms with E-state index >= 15 is 0 Å². The lowest BCUT2D eigenvalue weighted by molar-refractivity contribution is -0.116. The lowest BCUT2D eigenvalue weighted by Crippen LogP contribution is -2.19. The molecule has 1 amide bonds. The van der Waals surface area contributed by atoms with Crippen LogP contribution >= 0.6 is 11.6 Å². The highest BCUT2D eigenvalue weighted by Crippen LogP contribution is 2.21. The summed E-state index contributed by atoms with van der Waals surface area (Å²) in [5.74, 6) is -0.0463. The highest BCUT2D eigenvalue weighted by Gasteiger charge is 2.14. The second kappa shape index (κ2) is 6.31. The number of anilines is 1. The molecule has 112 valence electrons. The van der Waals surface area contributed by atoms with Gasteiger partial charge in [-0.15, -0.1) is 0 Å². The van der Waals surface area contributed by atoms with Gasteiger partial charge < -0.3 is 5.32 Å². The van der Waals surface area contributed by atoms with E-state index in [0.717, 1.165) is 22.6 Å². The van der Waals surface area contributed by atoms with Crippen LogP contribution in [0.25, 0.3) is 0 Å². The number of hydrogen-bond donors (Lipinski definition) is 1. The summed E-state index contributed by atoms with van der Waals surface area (Å²) < 4.78 is 1.89. The molecule has 21 heavy (non-hydrogen) atoms. The zero-order chi connectivity index (χ0) is 15.6. The lowest BCUT2D eigenvalue weighted by Gasteiger charge is -2.14. The standard InChI is InChI=1S/C16H20ClN3O/c1-10-5-6-14(9-15(10)17)18-16(21)8-13(4)20-12(3)7-11(2)19-20/h5-7,9,13H,8H2,1-4H3,(H,18,21)/t13-/m0/s1. The van der Waals surface area contributed by atoms with Crippen LogP contribution in [-0.2, 0) is 4.79 Å². The van der Waals surface area contributed by atoms with E-state index in [2.05, 4.69) is 10.4 Å². The third-order valence-corrected chi connectivity index (χ3v) is 3.81. The molecule has 5 heteroatoms. The van der Waals surface area contributed by atoms with Crippen molar-refractivity contribution in [3.8, 4) is 0 Å². The summed E-state index contributed by atoms with van der Waals surface area (Å²) in [6, 6.07) is 7.53. The summed E-state index contributed by atoms with van der Waals surface area (Å²) in [4.78, 5) is 12.1. The van der Waals surface area contributed by atoms with Gasteiger partial charge in [-0.25, -0.2) is 0 Å². The lowest BCUT2D eigenvalue weighted by atomic mass is 10.2. The van der Waals surface area contributed by atoms with Gasteiger partial charge in [0.2, 0.25) is 5.91 Å². The number of carbonyl (C=O) groups excluding carboxylic acids is 1. The van der Waals surface area contributed by atoms with E-state index in [1.807, 2.05) is 50.6 Å². The summed E-state index contributed by atoms with van der Waals surface area (Å²) in [5, 5.41) is 7.94. The molecule has 0 aliphatic heterocycles. The fourth-order valence-electron chi connectivity index (χ4n) is 2.33. The molecular formula is C16H20ClN3O. The number of aryl methyl sites for hydroxylation is 3. The first kappa shape index (κ1) is 15.6. The molecule has 0 spiro atoms. The number of nitrogens with one attached hydrogen (secondary N) is 1. The molecule has 1 heterocycles. The van der Waals surface area contributed by atoms with Crippen molar-refractivity contribution in [1.82, 2.24) is 9.78 Å². The first-order chi connectivity index (χ1) is 9.86. The van der Waals surface area contributed by atoms with Gasteiger partial charge >= 0.3 is 0 Å². The van der Waals surface area contributed by atoms with Gasteiger partial charge in [-0.2, -0.15) is 5.10 Å². The molecule has 2 aromatic rings. The maximum atomic E-state index is 12.1. The third-order valence-electron chi connectivity index (χ3n) is 3.40. The molecule has 0 fully saturated rings. The smallest absolute Gasteiger partial charge is 0.226 e. The van der Waals surface area contributed by atoms with E-state index in [4.69, 9.17) is 11.6 Å². The molecule has 1 N–H and O–H groups in total. The molecule has 0 bridgehead atoms. The molecular weight excluding hydrogens is 286 g/mol. The topological polar surface area (TPSA) is 46.9 Å². The minimum Gasteiger partial charge on any atom is -0.326 e. The molecule has 0 aliphatic rings. The van der Waals surface area contributed by atoms with Gasteiger partial charge in [0.25, 0.3) is 0 Å². The van der Waals surface area contributed by atoms with Crippen molar-refractivity contribution in [2.75, 3.05) is 5.32 Å². The SMILES string of the molecule is Cc1cc(C)n([C@@H](C)CC(=O)Nc2ccc(C)c(Cl)c2)n1. The monoisotopic (exact) mass is 305 g/mol. The van der Waals surface area contributed by atoms with Crippen LogP contribution in [0, 0.1) is 20.8 Å². The fraction of sp³-hybridized carbons (Fsp3) is 0.375. The second-order valence-electron chi connectivity index (χ2n) is 5.44. The van der Waals surface area contributed by atoms with Crippen LogP contribution in [0.15, 0.2) is 24.3 Å². The van der Waals surface area contributed by atoms with Crippen molar-refractivity contribution in [3.63, 3.8) is 0 Å². The highest BCUT2D eigenvalue weighted by atomic mass is 35.5. The number of nitrogens with zero attached hydrogens (tertiary/aromatic N) is 2. The quantitative estimate of drug-likeness (QED) is 0.926. The summed E-state index contributed by atoms with van der Waals surface area (Å²) >= 11 is 6.06. The van der Waals surface area contributed by atoms with Gasteiger partial charge in [0.15, 0.2) is 0 Å². The minimum absolute atomic E-state index is 0.0135. The molecule has 1 aromatic heterocycles. The van der Waals surface area contributed by atoms with E-state index in [1.165, 1.54) is 0 Å². The maximum Gasteiger partial charge on any atom is 0.226 e. The number of benzene rings is 1. The average molecular weight is 306 g/mol. The summed E-state index contributed by atoms with van der Waals surface area (Å²) in [7, 11) is 0. The van der Waals surface area contributed by atoms with Crippen molar-refractivity contribution in [2.24, 2.45) is 0 Å². The first-order valence-corrected chi connectivity index (χ1v) is 7.33. The molecule has 0 aliphatic carbocycles. The third kappa shape index (κ3) is 3.85. The molecule has 0 saturated heterocycles. The Bertz CT molecular complexity index is 664. The number of hydrogen-bond acceptors (Lipinski definition) is 2. The zero-order valence-corrected chi connectivity index (χ0v) is 13.5. The van der Waals surface area contributed by atoms with Crippen molar-refractivity contribution in [3.05, 3.63) is 46.2 Å². The van der Waals surface area contributed by atoms with Crippen molar-refractivity contribution < 1.29 is 4.79 Å². The summed E-state index contributed by atoms with van der Waals surface area (Å²) in [6.07, 6.45) is 0.369. The number of aromatic nitrogens is 2. The van der Waals surface area contributed by atoms with Gasteiger partial charge in [-0.05, 0) is 51.5 Å². The predicted octanol–water partition coefficient (Wildman–Crippen LogP) is 4.05. The number of amides is 1. The highest BCUT2D eigenvalue weighted by molar-refractivity contribution is 6.31. The molecule has 2 rings (SSSR count). The van der Waals surface area contributed by atoms with Crippen molar-refractivity contribution >= 4 is 23.2 Å². The Balaban J connectivity index is 2.01. The van der Waals surface area contributed by atoms with E-state index in [0.29, 0.717) is 11.4 Å². The van der Waals surface area contributed by atoms with Crippen LogP contribution in [0.1, 0.15) is 36.3 Å². The maximum absolute atomic E-state index is 12.1. The van der Waals surface area contributed by atoms with E-state index in [-0.39, 0.29) is 11.9 Å². The molecule has 1 atom stereocenters. The Labute approximate surface area is 130 Å². The van der Waals surface area contributed by atoms with E-state index < -0.39 is 0 Å². The van der Waals surface area contributed by atoms with Crippen LogP contribution in [0.2, 0.25) is 5.02 Å². The zero-order valence-electron chi connectivity index (χ0n) is 12.8. The van der Waals surface area contributed by atoms with Crippen LogP contribution in [0.4, 0.5) is 5.69 Å². The Kier molecular flexibility index (Phi) is 4.68. The number of carbonyl (C=O) groups is 1. The normalized spacial score (nSPS) is 12.2. The Hall–Kier alpha value is -1.81. The van der Waals surface area contributed by atoms with Crippen LogP contribution in [-0.4, -0.2) is 15.7 Å². The van der Waals surface area contributed by atoms with E-state index in [1.54, 1.807) is 6.07 Å². The minimum atomic E-state index is -0.0463. The fourth-order valence-corrected chi connectivity index (χ4v) is 2.51. The summed E-state index contributed by atoms with van der Waals surface area (Å²) in [5.41, 5.74) is 3.73. The van der Waals surface area contributed by atoms with Crippen molar-refractivity contribution in [1.29, 1.82) is 0 Å².